The first-order valence-corrected chi connectivity index (χ1v) is 5.92. The van der Waals surface area contributed by atoms with Crippen LogP contribution in [0.3, 0.4) is 0 Å². The average molecular weight is 247 g/mol. The van der Waals surface area contributed by atoms with E-state index in [0.29, 0.717) is 29.5 Å². The number of carbonyl (C=O) groups excluding carboxylic acids is 1. The van der Waals surface area contributed by atoms with Crippen LogP contribution in [0.15, 0.2) is 12.2 Å². The maximum atomic E-state index is 11.8. The van der Waals surface area contributed by atoms with Crippen molar-refractivity contribution in [1.29, 1.82) is 0 Å². The molecule has 5 nitrogen and oxygen atoms in total. The van der Waals surface area contributed by atoms with E-state index in [4.69, 9.17) is 10.5 Å². The van der Waals surface area contributed by atoms with Gasteiger partial charge in [-0.3, -0.25) is 0 Å². The summed E-state index contributed by atoms with van der Waals surface area (Å²) in [6.45, 7) is 5.69. The number of hydrogen-bond acceptors (Lipinski definition) is 5. The first-order chi connectivity index (χ1) is 8.52. The molecule has 1 heterocycles. The summed E-state index contributed by atoms with van der Waals surface area (Å²) in [6, 6.07) is 0. The van der Waals surface area contributed by atoms with E-state index >= 15 is 0 Å². The molecule has 1 fully saturated rings. The summed E-state index contributed by atoms with van der Waals surface area (Å²) in [5, 5.41) is 0. The van der Waals surface area contributed by atoms with Crippen molar-refractivity contribution in [3.63, 3.8) is 0 Å². The average Bonchev–Trinajstić information content (AvgIpc) is 3.14. The van der Waals surface area contributed by atoms with Gasteiger partial charge < -0.3 is 10.5 Å². The highest BCUT2D eigenvalue weighted by Gasteiger charge is 2.29. The molecule has 1 aliphatic rings. The van der Waals surface area contributed by atoms with Gasteiger partial charge in [0.05, 0.1) is 7.11 Å². The number of hydrogen-bond donors (Lipinski definition) is 1. The molecular formula is C13H17N3O2. The fourth-order valence-electron chi connectivity index (χ4n) is 1.78. The minimum atomic E-state index is -0.470. The molecule has 0 saturated heterocycles. The van der Waals surface area contributed by atoms with Crippen molar-refractivity contribution < 1.29 is 9.53 Å². The number of ether oxygens (including phenoxy) is 1. The summed E-state index contributed by atoms with van der Waals surface area (Å²) in [5.41, 5.74) is 7.71. The van der Waals surface area contributed by atoms with E-state index in [1.165, 1.54) is 7.11 Å². The first kappa shape index (κ1) is 12.5. The molecule has 0 spiro atoms. The molecule has 0 aliphatic heterocycles. The van der Waals surface area contributed by atoms with E-state index < -0.39 is 5.97 Å². The van der Waals surface area contributed by atoms with Gasteiger partial charge in [0.2, 0.25) is 0 Å². The Hall–Kier alpha value is -1.91. The number of methoxy groups -OCH3 is 1. The lowest BCUT2D eigenvalue weighted by Crippen LogP contribution is -2.15. The van der Waals surface area contributed by atoms with Crippen molar-refractivity contribution in [2.24, 2.45) is 0 Å². The summed E-state index contributed by atoms with van der Waals surface area (Å²) in [5.74, 6) is 0.880. The molecule has 1 aromatic heterocycles. The van der Waals surface area contributed by atoms with Crippen molar-refractivity contribution >= 4 is 11.8 Å². The Morgan fingerprint density at radius 1 is 1.50 bits per heavy atom. The van der Waals surface area contributed by atoms with E-state index in [2.05, 4.69) is 16.5 Å². The third-order valence-electron chi connectivity index (χ3n) is 2.86. The normalized spacial score (nSPS) is 14.3. The van der Waals surface area contributed by atoms with Gasteiger partial charge >= 0.3 is 5.97 Å². The lowest BCUT2D eigenvalue weighted by atomic mass is 10.1. The summed E-state index contributed by atoms with van der Waals surface area (Å²) < 4.78 is 4.75. The number of esters is 1. The molecule has 5 heteroatoms. The number of nitrogens with zero attached hydrogens (tertiary/aromatic N) is 2. The standard InChI is InChI=1S/C13H17N3O2/c1-7(2)6-9-10(13(17)18-3)15-12(8-4-5-8)16-11(9)14/h8H,1,4-6H2,2-3H3,(H2,14,15,16). The Labute approximate surface area is 106 Å². The third-order valence-corrected chi connectivity index (χ3v) is 2.86. The Morgan fingerprint density at radius 3 is 2.67 bits per heavy atom. The molecule has 0 unspecified atom stereocenters. The van der Waals surface area contributed by atoms with Gasteiger partial charge in [-0.1, -0.05) is 12.2 Å². The van der Waals surface area contributed by atoms with Crippen LogP contribution in [0.5, 0.6) is 0 Å². The number of allylic oxidation sites excluding steroid dienone is 1. The largest absolute Gasteiger partial charge is 0.464 e. The first-order valence-electron chi connectivity index (χ1n) is 5.92. The van der Waals surface area contributed by atoms with Crippen LogP contribution >= 0.6 is 0 Å². The van der Waals surface area contributed by atoms with E-state index in [0.717, 1.165) is 18.4 Å². The van der Waals surface area contributed by atoms with Crippen molar-refractivity contribution in [2.75, 3.05) is 12.8 Å². The summed E-state index contributed by atoms with van der Waals surface area (Å²) >= 11 is 0. The zero-order chi connectivity index (χ0) is 13.3. The van der Waals surface area contributed by atoms with Crippen molar-refractivity contribution in [3.05, 3.63) is 29.2 Å². The fraction of sp³-hybridized carbons (Fsp3) is 0.462. The van der Waals surface area contributed by atoms with E-state index in [1.807, 2.05) is 6.92 Å². The van der Waals surface area contributed by atoms with Crippen LogP contribution in [0.4, 0.5) is 5.82 Å². The fourth-order valence-corrected chi connectivity index (χ4v) is 1.78. The number of nitrogens with two attached hydrogens (primary N) is 1. The van der Waals surface area contributed by atoms with Gasteiger partial charge in [0.25, 0.3) is 0 Å². The Balaban J connectivity index is 2.48. The number of aromatic nitrogens is 2. The highest BCUT2D eigenvalue weighted by atomic mass is 16.5. The molecule has 1 aromatic rings. The zero-order valence-electron chi connectivity index (χ0n) is 10.7. The smallest absolute Gasteiger partial charge is 0.357 e. The van der Waals surface area contributed by atoms with Crippen LogP contribution in [0.25, 0.3) is 0 Å². The quantitative estimate of drug-likeness (QED) is 0.648. The number of rotatable bonds is 4. The lowest BCUT2D eigenvalue weighted by Gasteiger charge is -2.11. The molecule has 18 heavy (non-hydrogen) atoms. The molecule has 2 N–H and O–H groups in total. The SMILES string of the molecule is C=C(C)Cc1c(N)nc(C2CC2)nc1C(=O)OC. The second-order valence-corrected chi connectivity index (χ2v) is 4.69. The van der Waals surface area contributed by atoms with Crippen LogP contribution < -0.4 is 5.73 Å². The minimum absolute atomic E-state index is 0.273. The van der Waals surface area contributed by atoms with Gasteiger partial charge in [-0.2, -0.15) is 0 Å². The predicted molar refractivity (Wildman–Crippen MR) is 68.3 cm³/mol. The maximum Gasteiger partial charge on any atom is 0.357 e. The molecule has 0 amide bonds. The van der Waals surface area contributed by atoms with Crippen molar-refractivity contribution in [1.82, 2.24) is 9.97 Å². The Morgan fingerprint density at radius 2 is 2.17 bits per heavy atom. The van der Waals surface area contributed by atoms with Gasteiger partial charge in [-0.25, -0.2) is 14.8 Å². The molecule has 1 aliphatic carbocycles. The van der Waals surface area contributed by atoms with Gasteiger partial charge in [0.1, 0.15) is 11.6 Å². The minimum Gasteiger partial charge on any atom is -0.464 e. The highest BCUT2D eigenvalue weighted by molar-refractivity contribution is 5.90. The number of nitrogen functional groups attached to an aromatic ring is 1. The summed E-state index contributed by atoms with van der Waals surface area (Å²) in [7, 11) is 1.34. The topological polar surface area (TPSA) is 78.1 Å². The second-order valence-electron chi connectivity index (χ2n) is 4.69. The highest BCUT2D eigenvalue weighted by Crippen LogP contribution is 2.38. The van der Waals surface area contributed by atoms with Gasteiger partial charge in [-0.05, 0) is 26.2 Å². The molecular weight excluding hydrogens is 230 g/mol. The molecule has 0 bridgehead atoms. The Kier molecular flexibility index (Phi) is 3.32. The predicted octanol–water partition coefficient (Wildman–Crippen LogP) is 1.84. The second kappa shape index (κ2) is 4.76. The van der Waals surface area contributed by atoms with E-state index in [-0.39, 0.29) is 5.69 Å². The number of carbonyl (C=O) groups is 1. The third kappa shape index (κ3) is 2.50. The maximum absolute atomic E-state index is 11.8. The van der Waals surface area contributed by atoms with Crippen LogP contribution in [0.1, 0.15) is 47.6 Å². The summed E-state index contributed by atoms with van der Waals surface area (Å²) in [4.78, 5) is 20.4. The summed E-state index contributed by atoms with van der Waals surface area (Å²) in [6.07, 6.45) is 2.60. The lowest BCUT2D eigenvalue weighted by molar-refractivity contribution is 0.0592. The van der Waals surface area contributed by atoms with Gasteiger partial charge in [-0.15, -0.1) is 0 Å². The van der Waals surface area contributed by atoms with Gasteiger partial charge in [0, 0.05) is 11.5 Å². The molecule has 96 valence electrons. The van der Waals surface area contributed by atoms with Crippen LogP contribution in [-0.2, 0) is 11.2 Å². The van der Waals surface area contributed by atoms with E-state index in [9.17, 15) is 4.79 Å². The molecule has 0 aromatic carbocycles. The molecule has 0 radical (unpaired) electrons. The van der Waals surface area contributed by atoms with Crippen LogP contribution in [-0.4, -0.2) is 23.0 Å². The molecule has 1 saturated carbocycles. The number of anilines is 1. The molecule has 2 rings (SSSR count). The van der Waals surface area contributed by atoms with E-state index in [1.54, 1.807) is 0 Å². The van der Waals surface area contributed by atoms with Crippen molar-refractivity contribution in [3.8, 4) is 0 Å². The monoisotopic (exact) mass is 247 g/mol. The van der Waals surface area contributed by atoms with Crippen molar-refractivity contribution in [2.45, 2.75) is 32.1 Å². The molecule has 0 atom stereocenters. The van der Waals surface area contributed by atoms with Crippen LogP contribution in [0.2, 0.25) is 0 Å². The van der Waals surface area contributed by atoms with Gasteiger partial charge in [0.15, 0.2) is 5.69 Å². The zero-order valence-corrected chi connectivity index (χ0v) is 10.7. The Bertz CT molecular complexity index is 507. The van der Waals surface area contributed by atoms with Crippen LogP contribution in [0, 0.1) is 0 Å².